The standard InChI is InChI=1S/C10H13IN2OS/c11-9-3-1-2-8(6-9)7-13-10(15)12-4-5-14/h1-3,6,14H,4-5,7H2,(H2,12,13,15). The number of thiocarbonyl (C=S) groups is 1. The van der Waals surface area contributed by atoms with Crippen molar-refractivity contribution in [1.82, 2.24) is 10.6 Å². The predicted molar refractivity (Wildman–Crippen MR) is 73.7 cm³/mol. The van der Waals surface area contributed by atoms with Gasteiger partial charge in [0.25, 0.3) is 0 Å². The van der Waals surface area contributed by atoms with E-state index in [1.807, 2.05) is 18.2 Å². The summed E-state index contributed by atoms with van der Waals surface area (Å²) in [6.45, 7) is 1.28. The van der Waals surface area contributed by atoms with Crippen LogP contribution in [0.3, 0.4) is 0 Å². The second-order valence-corrected chi connectivity index (χ2v) is 4.62. The predicted octanol–water partition coefficient (Wildman–Crippen LogP) is 1.25. The van der Waals surface area contributed by atoms with Crippen LogP contribution in [0.15, 0.2) is 24.3 Å². The lowest BCUT2D eigenvalue weighted by molar-refractivity contribution is 0.300. The molecule has 0 amide bonds. The molecule has 0 bridgehead atoms. The molecule has 1 rings (SSSR count). The van der Waals surface area contributed by atoms with E-state index in [4.69, 9.17) is 17.3 Å². The summed E-state index contributed by atoms with van der Waals surface area (Å²) in [4.78, 5) is 0. The van der Waals surface area contributed by atoms with Crippen molar-refractivity contribution in [2.75, 3.05) is 13.2 Å². The number of halogens is 1. The van der Waals surface area contributed by atoms with Crippen molar-refractivity contribution in [2.45, 2.75) is 6.54 Å². The van der Waals surface area contributed by atoms with Gasteiger partial charge in [-0.15, -0.1) is 0 Å². The monoisotopic (exact) mass is 336 g/mol. The van der Waals surface area contributed by atoms with Crippen LogP contribution in [0.5, 0.6) is 0 Å². The Hall–Kier alpha value is -0.400. The fourth-order valence-corrected chi connectivity index (χ4v) is 1.84. The molecule has 0 saturated heterocycles. The first-order valence-electron chi connectivity index (χ1n) is 4.59. The van der Waals surface area contributed by atoms with Gasteiger partial charge in [0, 0.05) is 16.7 Å². The fraction of sp³-hybridized carbons (Fsp3) is 0.300. The maximum absolute atomic E-state index is 8.59. The van der Waals surface area contributed by atoms with E-state index in [-0.39, 0.29) is 6.61 Å². The van der Waals surface area contributed by atoms with E-state index >= 15 is 0 Å². The molecule has 0 aliphatic carbocycles. The first-order chi connectivity index (χ1) is 7.22. The first kappa shape index (κ1) is 12.7. The molecule has 1 aromatic carbocycles. The minimum atomic E-state index is 0.0883. The van der Waals surface area contributed by atoms with Crippen molar-refractivity contribution in [3.63, 3.8) is 0 Å². The minimum Gasteiger partial charge on any atom is -0.395 e. The molecular weight excluding hydrogens is 323 g/mol. The van der Waals surface area contributed by atoms with Gasteiger partial charge < -0.3 is 15.7 Å². The molecule has 0 aliphatic heterocycles. The van der Waals surface area contributed by atoms with Crippen LogP contribution in [0.4, 0.5) is 0 Å². The van der Waals surface area contributed by atoms with Crippen molar-refractivity contribution in [2.24, 2.45) is 0 Å². The summed E-state index contributed by atoms with van der Waals surface area (Å²) >= 11 is 7.29. The van der Waals surface area contributed by atoms with Crippen molar-refractivity contribution in [3.8, 4) is 0 Å². The van der Waals surface area contributed by atoms with Crippen molar-refractivity contribution in [3.05, 3.63) is 33.4 Å². The van der Waals surface area contributed by atoms with Crippen molar-refractivity contribution in [1.29, 1.82) is 0 Å². The Morgan fingerprint density at radius 1 is 1.40 bits per heavy atom. The average molecular weight is 336 g/mol. The number of rotatable bonds is 4. The van der Waals surface area contributed by atoms with Crippen LogP contribution >= 0.6 is 34.8 Å². The third kappa shape index (κ3) is 5.29. The molecule has 0 atom stereocenters. The molecule has 0 saturated carbocycles. The van der Waals surface area contributed by atoms with Gasteiger partial charge in [-0.3, -0.25) is 0 Å². The van der Waals surface area contributed by atoms with Gasteiger partial charge in [0.05, 0.1) is 6.61 Å². The Labute approximate surface area is 108 Å². The van der Waals surface area contributed by atoms with Gasteiger partial charge in [-0.25, -0.2) is 0 Å². The van der Waals surface area contributed by atoms with E-state index in [9.17, 15) is 0 Å². The Morgan fingerprint density at radius 2 is 2.20 bits per heavy atom. The Morgan fingerprint density at radius 3 is 2.87 bits per heavy atom. The maximum atomic E-state index is 8.59. The molecule has 0 radical (unpaired) electrons. The summed E-state index contributed by atoms with van der Waals surface area (Å²) in [6.07, 6.45) is 0. The molecule has 3 N–H and O–H groups in total. The Balaban J connectivity index is 2.33. The molecular formula is C10H13IN2OS. The molecule has 82 valence electrons. The highest BCUT2D eigenvalue weighted by Gasteiger charge is 1.96. The molecule has 0 unspecified atom stereocenters. The van der Waals surface area contributed by atoms with Gasteiger partial charge in [-0.05, 0) is 52.5 Å². The van der Waals surface area contributed by atoms with Crippen LogP contribution in [0.25, 0.3) is 0 Å². The highest BCUT2D eigenvalue weighted by Crippen LogP contribution is 2.07. The van der Waals surface area contributed by atoms with E-state index in [1.165, 1.54) is 9.13 Å². The summed E-state index contributed by atoms with van der Waals surface area (Å²) in [6, 6.07) is 8.21. The lowest BCUT2D eigenvalue weighted by atomic mass is 10.2. The second-order valence-electron chi connectivity index (χ2n) is 2.96. The molecule has 1 aromatic rings. The molecule has 0 aromatic heterocycles. The maximum Gasteiger partial charge on any atom is 0.166 e. The van der Waals surface area contributed by atoms with Crippen LogP contribution in [-0.2, 0) is 6.54 Å². The molecule has 5 heteroatoms. The molecule has 0 heterocycles. The zero-order chi connectivity index (χ0) is 11.1. The molecule has 3 nitrogen and oxygen atoms in total. The summed E-state index contributed by atoms with van der Waals surface area (Å²) in [5, 5.41) is 15.1. The smallest absolute Gasteiger partial charge is 0.166 e. The summed E-state index contributed by atoms with van der Waals surface area (Å²) < 4.78 is 1.21. The average Bonchev–Trinajstić information content (AvgIpc) is 2.23. The molecule has 0 spiro atoms. The summed E-state index contributed by atoms with van der Waals surface area (Å²) in [5.41, 5.74) is 1.19. The van der Waals surface area contributed by atoms with Gasteiger partial charge >= 0.3 is 0 Å². The Kier molecular flexibility index (Phi) is 5.89. The van der Waals surface area contributed by atoms with Crippen LogP contribution in [0, 0.1) is 3.57 Å². The number of hydrogen-bond acceptors (Lipinski definition) is 2. The van der Waals surface area contributed by atoms with Crippen molar-refractivity contribution < 1.29 is 5.11 Å². The van der Waals surface area contributed by atoms with Gasteiger partial charge in [-0.2, -0.15) is 0 Å². The van der Waals surface area contributed by atoms with Gasteiger partial charge in [-0.1, -0.05) is 12.1 Å². The van der Waals surface area contributed by atoms with Crippen LogP contribution in [0.2, 0.25) is 0 Å². The summed E-state index contributed by atoms with van der Waals surface area (Å²) in [7, 11) is 0. The highest BCUT2D eigenvalue weighted by molar-refractivity contribution is 14.1. The van der Waals surface area contributed by atoms with E-state index < -0.39 is 0 Å². The molecule has 15 heavy (non-hydrogen) atoms. The van der Waals surface area contributed by atoms with Crippen LogP contribution in [-0.4, -0.2) is 23.4 Å². The normalized spacial score (nSPS) is 9.73. The number of benzene rings is 1. The third-order valence-electron chi connectivity index (χ3n) is 1.74. The van der Waals surface area contributed by atoms with E-state index in [0.29, 0.717) is 18.2 Å². The zero-order valence-corrected chi connectivity index (χ0v) is 11.1. The van der Waals surface area contributed by atoms with E-state index in [0.717, 1.165) is 0 Å². The molecule has 0 fully saturated rings. The number of hydrogen-bond donors (Lipinski definition) is 3. The Bertz CT molecular complexity index is 333. The van der Waals surface area contributed by atoms with E-state index in [2.05, 4.69) is 39.3 Å². The topological polar surface area (TPSA) is 44.3 Å². The minimum absolute atomic E-state index is 0.0883. The number of aliphatic hydroxyl groups is 1. The summed E-state index contributed by atoms with van der Waals surface area (Å²) in [5.74, 6) is 0. The fourth-order valence-electron chi connectivity index (χ4n) is 1.06. The first-order valence-corrected chi connectivity index (χ1v) is 6.08. The highest BCUT2D eigenvalue weighted by atomic mass is 127. The van der Waals surface area contributed by atoms with Crippen LogP contribution < -0.4 is 10.6 Å². The van der Waals surface area contributed by atoms with Gasteiger partial charge in [0.2, 0.25) is 0 Å². The van der Waals surface area contributed by atoms with Gasteiger partial charge in [0.1, 0.15) is 0 Å². The zero-order valence-electron chi connectivity index (χ0n) is 8.16. The SMILES string of the molecule is OCCNC(=S)NCc1cccc(I)c1. The number of aliphatic hydroxyl groups excluding tert-OH is 1. The lowest BCUT2D eigenvalue weighted by Gasteiger charge is -2.09. The van der Waals surface area contributed by atoms with Crippen LogP contribution in [0.1, 0.15) is 5.56 Å². The van der Waals surface area contributed by atoms with Crippen molar-refractivity contribution >= 4 is 39.9 Å². The molecule has 0 aliphatic rings. The van der Waals surface area contributed by atoms with E-state index in [1.54, 1.807) is 0 Å². The van der Waals surface area contributed by atoms with Gasteiger partial charge in [0.15, 0.2) is 5.11 Å². The number of nitrogens with one attached hydrogen (secondary N) is 2. The lowest BCUT2D eigenvalue weighted by Crippen LogP contribution is -2.36. The second kappa shape index (κ2) is 6.97. The largest absolute Gasteiger partial charge is 0.395 e. The quantitative estimate of drug-likeness (QED) is 0.572. The third-order valence-corrected chi connectivity index (χ3v) is 2.70.